The molecular formula is C25H37NO7. The molecule has 0 spiro atoms. The highest BCUT2D eigenvalue weighted by Crippen LogP contribution is 2.28. The minimum absolute atomic E-state index is 0.153. The van der Waals surface area contributed by atoms with Crippen molar-refractivity contribution in [2.24, 2.45) is 0 Å². The SMILES string of the molecule is CC.CC.Cc1cccc(O[C@@H]2O[C@H](CO)[C@@H](O)[C@H](O)[C@H]2O)c1C(=O)NCc1ccccc1. The molecule has 0 bridgehead atoms. The van der Waals surface area contributed by atoms with E-state index < -0.39 is 37.3 Å². The van der Waals surface area contributed by atoms with E-state index in [4.69, 9.17) is 9.47 Å². The topological polar surface area (TPSA) is 128 Å². The summed E-state index contributed by atoms with van der Waals surface area (Å²) in [5.41, 5.74) is 1.85. The molecule has 0 radical (unpaired) electrons. The number of amides is 1. The smallest absolute Gasteiger partial charge is 0.255 e. The van der Waals surface area contributed by atoms with Gasteiger partial charge in [-0.2, -0.15) is 0 Å². The van der Waals surface area contributed by atoms with Crippen LogP contribution in [0.1, 0.15) is 49.2 Å². The van der Waals surface area contributed by atoms with Crippen molar-refractivity contribution in [2.45, 2.75) is 71.9 Å². The zero-order chi connectivity index (χ0) is 25.0. The van der Waals surface area contributed by atoms with Crippen LogP contribution in [0.2, 0.25) is 0 Å². The second-order valence-corrected chi connectivity index (χ2v) is 6.93. The summed E-state index contributed by atoms with van der Waals surface area (Å²) in [6.07, 6.45) is -7.08. The third-order valence-corrected chi connectivity index (χ3v) is 4.85. The summed E-state index contributed by atoms with van der Waals surface area (Å²) in [5, 5.41) is 42.2. The number of nitrogens with one attached hydrogen (secondary N) is 1. The summed E-state index contributed by atoms with van der Waals surface area (Å²) in [7, 11) is 0. The Balaban J connectivity index is 0.00000129. The summed E-state index contributed by atoms with van der Waals surface area (Å²) >= 11 is 0. The van der Waals surface area contributed by atoms with E-state index >= 15 is 0 Å². The van der Waals surface area contributed by atoms with Crippen molar-refractivity contribution >= 4 is 5.91 Å². The Morgan fingerprint density at radius 2 is 1.58 bits per heavy atom. The molecule has 3 rings (SSSR count). The Kier molecular flexibility index (Phi) is 12.6. The van der Waals surface area contributed by atoms with E-state index in [-0.39, 0.29) is 17.2 Å². The molecule has 1 fully saturated rings. The Hall–Kier alpha value is -2.49. The lowest BCUT2D eigenvalue weighted by Gasteiger charge is -2.39. The third kappa shape index (κ3) is 7.52. The van der Waals surface area contributed by atoms with Gasteiger partial charge in [0, 0.05) is 6.54 Å². The molecule has 2 aromatic carbocycles. The van der Waals surface area contributed by atoms with E-state index in [1.165, 1.54) is 0 Å². The van der Waals surface area contributed by atoms with Crippen LogP contribution in [0.4, 0.5) is 0 Å². The number of hydrogen-bond donors (Lipinski definition) is 5. The van der Waals surface area contributed by atoms with Crippen molar-refractivity contribution in [1.82, 2.24) is 5.32 Å². The van der Waals surface area contributed by atoms with Gasteiger partial charge in [-0.3, -0.25) is 4.79 Å². The molecular weight excluding hydrogens is 426 g/mol. The first-order valence-corrected chi connectivity index (χ1v) is 11.3. The zero-order valence-electron chi connectivity index (χ0n) is 19.9. The van der Waals surface area contributed by atoms with Crippen LogP contribution < -0.4 is 10.1 Å². The van der Waals surface area contributed by atoms with Crippen LogP contribution in [0.3, 0.4) is 0 Å². The Morgan fingerprint density at radius 3 is 2.18 bits per heavy atom. The number of aryl methyl sites for hydroxylation is 1. The number of carbonyl (C=O) groups excluding carboxylic acids is 1. The first-order valence-electron chi connectivity index (χ1n) is 11.3. The Bertz CT molecular complexity index is 829. The van der Waals surface area contributed by atoms with Crippen LogP contribution in [0.5, 0.6) is 5.75 Å². The van der Waals surface area contributed by atoms with Gasteiger partial charge in [0.25, 0.3) is 5.91 Å². The number of rotatable bonds is 6. The van der Waals surface area contributed by atoms with E-state index in [0.29, 0.717) is 12.1 Å². The van der Waals surface area contributed by atoms with Crippen molar-refractivity contribution in [3.8, 4) is 5.75 Å². The highest BCUT2D eigenvalue weighted by molar-refractivity contribution is 5.98. The summed E-state index contributed by atoms with van der Waals surface area (Å²) in [5.74, 6) is -0.216. The highest BCUT2D eigenvalue weighted by Gasteiger charge is 2.45. The van der Waals surface area contributed by atoms with Gasteiger partial charge in [0.1, 0.15) is 30.2 Å². The number of aliphatic hydroxyl groups is 4. The third-order valence-electron chi connectivity index (χ3n) is 4.85. The van der Waals surface area contributed by atoms with Crippen LogP contribution in [0, 0.1) is 6.92 Å². The molecule has 0 saturated carbocycles. The molecule has 33 heavy (non-hydrogen) atoms. The largest absolute Gasteiger partial charge is 0.461 e. The first-order chi connectivity index (χ1) is 15.9. The standard InChI is InChI=1S/C21H25NO7.2C2H6/c1-12-6-5-9-14(16(12)20(27)22-10-13-7-3-2-4-8-13)28-21-19(26)18(25)17(24)15(11-23)29-21;2*1-2/h2-9,15,17-19,21,23-26H,10-11H2,1H3,(H,22,27);2*1-2H3/t15-,17-,18+,19-,21-;;/m1../s1. The molecule has 184 valence electrons. The molecule has 1 aliphatic rings. The maximum atomic E-state index is 12.8. The average Bonchev–Trinajstić information content (AvgIpc) is 2.86. The minimum Gasteiger partial charge on any atom is -0.461 e. The fraction of sp³-hybridized carbons (Fsp3) is 0.480. The molecule has 8 heteroatoms. The molecule has 5 atom stereocenters. The van der Waals surface area contributed by atoms with Crippen LogP contribution in [-0.4, -0.2) is 63.6 Å². The predicted octanol–water partition coefficient (Wildman–Crippen LogP) is 2.16. The maximum absolute atomic E-state index is 12.8. The molecule has 1 saturated heterocycles. The molecule has 2 aromatic rings. The molecule has 1 amide bonds. The fourth-order valence-corrected chi connectivity index (χ4v) is 3.19. The molecule has 1 aliphatic heterocycles. The maximum Gasteiger partial charge on any atom is 0.255 e. The summed E-state index contributed by atoms with van der Waals surface area (Å²) < 4.78 is 11.1. The van der Waals surface area contributed by atoms with Gasteiger partial charge in [-0.1, -0.05) is 70.2 Å². The lowest BCUT2D eigenvalue weighted by atomic mass is 9.99. The fourth-order valence-electron chi connectivity index (χ4n) is 3.19. The molecule has 0 unspecified atom stereocenters. The van der Waals surface area contributed by atoms with Crippen molar-refractivity contribution in [2.75, 3.05) is 6.61 Å². The van der Waals surface area contributed by atoms with Crippen LogP contribution in [0.15, 0.2) is 48.5 Å². The van der Waals surface area contributed by atoms with Crippen molar-refractivity contribution in [3.63, 3.8) is 0 Å². The Morgan fingerprint density at radius 1 is 0.939 bits per heavy atom. The number of hydrogen-bond acceptors (Lipinski definition) is 7. The van der Waals surface area contributed by atoms with Gasteiger partial charge in [-0.05, 0) is 24.1 Å². The monoisotopic (exact) mass is 463 g/mol. The van der Waals surface area contributed by atoms with E-state index in [1.807, 2.05) is 58.0 Å². The van der Waals surface area contributed by atoms with E-state index in [0.717, 1.165) is 5.56 Å². The lowest BCUT2D eigenvalue weighted by Crippen LogP contribution is -2.60. The van der Waals surface area contributed by atoms with Gasteiger partial charge in [0.15, 0.2) is 0 Å². The number of carbonyl (C=O) groups is 1. The van der Waals surface area contributed by atoms with Gasteiger partial charge in [-0.15, -0.1) is 0 Å². The normalized spacial score (nSPS) is 23.8. The van der Waals surface area contributed by atoms with Gasteiger partial charge in [-0.25, -0.2) is 0 Å². The highest BCUT2D eigenvalue weighted by atomic mass is 16.7. The molecule has 1 heterocycles. The van der Waals surface area contributed by atoms with Gasteiger partial charge in [0.05, 0.1) is 12.2 Å². The van der Waals surface area contributed by atoms with E-state index in [2.05, 4.69) is 5.32 Å². The zero-order valence-corrected chi connectivity index (χ0v) is 19.9. The molecule has 0 aliphatic carbocycles. The quantitative estimate of drug-likeness (QED) is 0.444. The number of ether oxygens (including phenoxy) is 2. The summed E-state index contributed by atoms with van der Waals surface area (Å²) in [6.45, 7) is 9.51. The van der Waals surface area contributed by atoms with E-state index in [1.54, 1.807) is 25.1 Å². The second-order valence-electron chi connectivity index (χ2n) is 6.93. The lowest BCUT2D eigenvalue weighted by molar-refractivity contribution is -0.277. The van der Waals surface area contributed by atoms with Gasteiger partial charge >= 0.3 is 0 Å². The molecule has 0 aromatic heterocycles. The Labute approximate surface area is 195 Å². The molecule has 8 nitrogen and oxygen atoms in total. The minimum atomic E-state index is -1.56. The van der Waals surface area contributed by atoms with Crippen LogP contribution >= 0.6 is 0 Å². The van der Waals surface area contributed by atoms with Crippen molar-refractivity contribution in [1.29, 1.82) is 0 Å². The van der Waals surface area contributed by atoms with Crippen molar-refractivity contribution < 1.29 is 34.7 Å². The second kappa shape index (κ2) is 14.6. The number of aliphatic hydroxyl groups excluding tert-OH is 4. The van der Waals surface area contributed by atoms with Crippen LogP contribution in [0.25, 0.3) is 0 Å². The summed E-state index contributed by atoms with van der Waals surface area (Å²) in [6, 6.07) is 14.4. The predicted molar refractivity (Wildman–Crippen MR) is 126 cm³/mol. The first kappa shape index (κ1) is 28.5. The summed E-state index contributed by atoms with van der Waals surface area (Å²) in [4.78, 5) is 12.8. The van der Waals surface area contributed by atoms with Gasteiger partial charge in [0.2, 0.25) is 6.29 Å². The average molecular weight is 464 g/mol. The number of benzene rings is 2. The van der Waals surface area contributed by atoms with E-state index in [9.17, 15) is 25.2 Å². The van der Waals surface area contributed by atoms with Gasteiger partial charge < -0.3 is 35.2 Å². The van der Waals surface area contributed by atoms with Crippen LogP contribution in [-0.2, 0) is 11.3 Å². The van der Waals surface area contributed by atoms with Crippen molar-refractivity contribution in [3.05, 3.63) is 65.2 Å². The molecule has 5 N–H and O–H groups in total.